The Hall–Kier alpha value is -3.28. The summed E-state index contributed by atoms with van der Waals surface area (Å²) < 4.78 is 8.22. The molecule has 0 saturated carbocycles. The summed E-state index contributed by atoms with van der Waals surface area (Å²) in [5.41, 5.74) is 13.2. The van der Waals surface area contributed by atoms with E-state index in [0.717, 1.165) is 36.7 Å². The molecule has 0 aromatic heterocycles. The van der Waals surface area contributed by atoms with E-state index in [1.54, 1.807) is 6.07 Å². The van der Waals surface area contributed by atoms with Crippen molar-refractivity contribution >= 4 is 30.9 Å². The zero-order valence-corrected chi connectivity index (χ0v) is 19.8. The maximum Gasteiger partial charge on any atom is 0.604 e. The Kier molecular flexibility index (Phi) is 7.02. The van der Waals surface area contributed by atoms with Gasteiger partial charge in [0.15, 0.2) is 11.4 Å². The molecule has 0 fully saturated rings. The van der Waals surface area contributed by atoms with E-state index < -0.39 is 0 Å². The Morgan fingerprint density at radius 2 is 1.94 bits per heavy atom. The second-order valence-electron chi connectivity index (χ2n) is 7.98. The number of halogens is 1. The first-order valence-corrected chi connectivity index (χ1v) is 11.5. The lowest BCUT2D eigenvalue weighted by Gasteiger charge is -2.28. The fourth-order valence-corrected chi connectivity index (χ4v) is 4.49. The SMILES string of the molecule is C=CN1B[N+]2=C(/C=C/c3ccc(Oc4cccc(Cl)c4)cc3)C=C(C)C2=C(CCN)/C1=C/C. The second-order valence-corrected chi connectivity index (χ2v) is 8.41. The number of rotatable bonds is 7. The fraction of sp³-hybridized carbons (Fsp3) is 0.148. The van der Waals surface area contributed by atoms with Crippen LogP contribution in [0.5, 0.6) is 11.5 Å². The molecule has 0 unspecified atom stereocenters. The molecule has 0 aliphatic carbocycles. The lowest BCUT2D eigenvalue weighted by Crippen LogP contribution is -2.38. The van der Waals surface area contributed by atoms with Gasteiger partial charge in [-0.2, -0.15) is 0 Å². The Morgan fingerprint density at radius 3 is 2.61 bits per heavy atom. The molecule has 0 atom stereocenters. The topological polar surface area (TPSA) is 41.5 Å². The molecule has 0 amide bonds. The molecule has 2 aliphatic heterocycles. The Morgan fingerprint density at radius 1 is 1.15 bits per heavy atom. The minimum atomic E-state index is 0.608. The van der Waals surface area contributed by atoms with E-state index in [9.17, 15) is 0 Å². The summed E-state index contributed by atoms with van der Waals surface area (Å²) in [6.45, 7) is 8.85. The van der Waals surface area contributed by atoms with Crippen LogP contribution in [0.3, 0.4) is 0 Å². The predicted octanol–water partition coefficient (Wildman–Crippen LogP) is 5.79. The van der Waals surface area contributed by atoms with Gasteiger partial charge < -0.3 is 15.3 Å². The van der Waals surface area contributed by atoms with Crippen LogP contribution in [-0.2, 0) is 0 Å². The van der Waals surface area contributed by atoms with Crippen molar-refractivity contribution in [1.29, 1.82) is 0 Å². The number of nitrogens with two attached hydrogens (primary N) is 1. The lowest BCUT2D eigenvalue weighted by atomic mass is 9.90. The molecule has 0 spiro atoms. The van der Waals surface area contributed by atoms with Crippen LogP contribution in [0.1, 0.15) is 25.8 Å². The summed E-state index contributed by atoms with van der Waals surface area (Å²) in [4.78, 5) is 2.18. The van der Waals surface area contributed by atoms with Crippen molar-refractivity contribution in [1.82, 2.24) is 4.81 Å². The normalized spacial score (nSPS) is 16.9. The van der Waals surface area contributed by atoms with Crippen LogP contribution in [0.4, 0.5) is 0 Å². The average molecular weight is 457 g/mol. The van der Waals surface area contributed by atoms with E-state index >= 15 is 0 Å². The summed E-state index contributed by atoms with van der Waals surface area (Å²) >= 11 is 6.04. The van der Waals surface area contributed by atoms with Crippen molar-refractivity contribution in [2.24, 2.45) is 5.73 Å². The third-order valence-electron chi connectivity index (χ3n) is 5.76. The third-order valence-corrected chi connectivity index (χ3v) is 6.00. The fourth-order valence-electron chi connectivity index (χ4n) is 4.31. The van der Waals surface area contributed by atoms with Gasteiger partial charge in [0.05, 0.1) is 0 Å². The summed E-state index contributed by atoms with van der Waals surface area (Å²) in [7, 11) is 0.729. The van der Waals surface area contributed by atoms with Crippen molar-refractivity contribution in [3.05, 3.63) is 113 Å². The Labute approximate surface area is 201 Å². The van der Waals surface area contributed by atoms with Gasteiger partial charge in [0.2, 0.25) is 0 Å². The molecule has 4 nitrogen and oxygen atoms in total. The number of hydrogen-bond acceptors (Lipinski definition) is 3. The number of nitrogens with zero attached hydrogens (tertiary/aromatic N) is 2. The Bertz CT molecular complexity index is 1220. The summed E-state index contributed by atoms with van der Waals surface area (Å²) in [6.07, 6.45) is 11.4. The molecular formula is C27H28BClN3O+. The molecule has 2 heterocycles. The number of allylic oxidation sites excluding steroid dienone is 5. The lowest BCUT2D eigenvalue weighted by molar-refractivity contribution is -0.322. The highest BCUT2D eigenvalue weighted by atomic mass is 35.5. The van der Waals surface area contributed by atoms with Gasteiger partial charge in [-0.15, -0.1) is 0 Å². The monoisotopic (exact) mass is 456 g/mol. The summed E-state index contributed by atoms with van der Waals surface area (Å²) in [6, 6.07) is 15.4. The van der Waals surface area contributed by atoms with Gasteiger partial charge in [0.1, 0.15) is 11.5 Å². The van der Waals surface area contributed by atoms with E-state index in [0.29, 0.717) is 11.6 Å². The molecular weight excluding hydrogens is 429 g/mol. The Balaban J connectivity index is 1.59. The minimum absolute atomic E-state index is 0.608. The molecule has 2 aromatic carbocycles. The molecule has 0 radical (unpaired) electrons. The maximum absolute atomic E-state index is 6.04. The third kappa shape index (κ3) is 4.90. The highest BCUT2D eigenvalue weighted by Crippen LogP contribution is 2.34. The van der Waals surface area contributed by atoms with E-state index in [1.165, 1.54) is 22.5 Å². The molecule has 33 heavy (non-hydrogen) atoms. The van der Waals surface area contributed by atoms with Gasteiger partial charge in [0.25, 0.3) is 0 Å². The average Bonchev–Trinajstić information content (AvgIpc) is 3.13. The van der Waals surface area contributed by atoms with Gasteiger partial charge in [-0.1, -0.05) is 42.5 Å². The minimum Gasteiger partial charge on any atom is -0.457 e. The zero-order chi connectivity index (χ0) is 23.4. The van der Waals surface area contributed by atoms with Crippen molar-refractivity contribution < 1.29 is 9.22 Å². The smallest absolute Gasteiger partial charge is 0.457 e. The van der Waals surface area contributed by atoms with Gasteiger partial charge in [-0.25, -0.2) is 0 Å². The van der Waals surface area contributed by atoms with Crippen LogP contribution in [0.15, 0.2) is 102 Å². The molecule has 6 heteroatoms. The first kappa shape index (κ1) is 22.9. The molecule has 2 aromatic rings. The maximum atomic E-state index is 6.04. The highest BCUT2D eigenvalue weighted by molar-refractivity contribution is 6.30. The van der Waals surface area contributed by atoms with Gasteiger partial charge in [-0.05, 0) is 75.0 Å². The molecule has 2 aliphatic rings. The predicted molar refractivity (Wildman–Crippen MR) is 140 cm³/mol. The number of benzene rings is 2. The summed E-state index contributed by atoms with van der Waals surface area (Å²) in [5.74, 6) is 1.49. The quantitative estimate of drug-likeness (QED) is 0.536. The van der Waals surface area contributed by atoms with E-state index in [1.807, 2.05) is 48.7 Å². The van der Waals surface area contributed by atoms with Crippen LogP contribution in [0, 0.1) is 0 Å². The van der Waals surface area contributed by atoms with E-state index in [-0.39, 0.29) is 0 Å². The van der Waals surface area contributed by atoms with Crippen molar-refractivity contribution in [3.8, 4) is 11.5 Å². The van der Waals surface area contributed by atoms with Crippen LogP contribution in [0.2, 0.25) is 5.02 Å². The van der Waals surface area contributed by atoms with Gasteiger partial charge in [-0.3, -0.25) is 4.49 Å². The zero-order valence-electron chi connectivity index (χ0n) is 19.1. The number of ether oxygens (including phenoxy) is 1. The molecule has 0 saturated heterocycles. The molecule has 166 valence electrons. The summed E-state index contributed by atoms with van der Waals surface area (Å²) in [5, 5.41) is 0.654. The molecule has 4 rings (SSSR count). The van der Waals surface area contributed by atoms with E-state index in [2.05, 4.69) is 54.0 Å². The van der Waals surface area contributed by atoms with Crippen LogP contribution in [-0.4, -0.2) is 29.1 Å². The molecule has 2 N–H and O–H groups in total. The van der Waals surface area contributed by atoms with Crippen molar-refractivity contribution in [3.63, 3.8) is 0 Å². The van der Waals surface area contributed by atoms with Gasteiger partial charge in [0, 0.05) is 34.0 Å². The van der Waals surface area contributed by atoms with Gasteiger partial charge >= 0.3 is 7.55 Å². The second kappa shape index (κ2) is 10.1. The number of hydrogen-bond donors (Lipinski definition) is 1. The largest absolute Gasteiger partial charge is 0.604 e. The van der Waals surface area contributed by atoms with Crippen LogP contribution in [0.25, 0.3) is 6.08 Å². The molecule has 0 bridgehead atoms. The van der Waals surface area contributed by atoms with Crippen molar-refractivity contribution in [2.45, 2.75) is 20.3 Å². The van der Waals surface area contributed by atoms with E-state index in [4.69, 9.17) is 22.1 Å². The standard InChI is InChI=1S/C27H28BClN3O/c1-4-26-25(15-16-30)27-19(3)17-22(32(27)28-31(26)5-2)12-9-20-10-13-23(14-11-20)33-24-8-6-7-21(29)18-24/h4-14,17-18,28H,2,15-16,30H2,1,3H3/q+1/b12-9+,26-4-. The van der Waals surface area contributed by atoms with Crippen LogP contribution < -0.4 is 10.5 Å². The van der Waals surface area contributed by atoms with Crippen molar-refractivity contribution in [2.75, 3.05) is 6.54 Å². The highest BCUT2D eigenvalue weighted by Gasteiger charge is 2.39. The van der Waals surface area contributed by atoms with Crippen LogP contribution >= 0.6 is 11.6 Å². The first-order valence-electron chi connectivity index (χ1n) is 11.1. The number of fused-ring (bicyclic) bond motifs is 1. The first-order chi connectivity index (χ1) is 16.0.